The highest BCUT2D eigenvalue weighted by Crippen LogP contribution is 2.41. The van der Waals surface area contributed by atoms with Gasteiger partial charge in [0.05, 0.1) is 6.10 Å². The molecule has 88 valence electrons. The Hall–Kier alpha value is -0.500. The molecule has 1 saturated carbocycles. The Morgan fingerprint density at radius 1 is 1.25 bits per heavy atom. The summed E-state index contributed by atoms with van der Waals surface area (Å²) in [6, 6.07) is 8.48. The number of ether oxygens (including phenoxy) is 1. The van der Waals surface area contributed by atoms with Gasteiger partial charge in [0.1, 0.15) is 5.75 Å². The zero-order valence-electron chi connectivity index (χ0n) is 9.95. The maximum absolute atomic E-state index is 5.88. The predicted octanol–water partition coefficient (Wildman–Crippen LogP) is 4.50. The first-order valence-corrected chi connectivity index (χ1v) is 6.98. The fourth-order valence-electron chi connectivity index (χ4n) is 2.39. The highest BCUT2D eigenvalue weighted by molar-refractivity contribution is 9.09. The molecule has 1 nitrogen and oxygen atoms in total. The lowest BCUT2D eigenvalue weighted by molar-refractivity contribution is 0.238. The number of halogens is 1. The first kappa shape index (κ1) is 12.0. The Bertz CT molecular complexity index is 348. The minimum absolute atomic E-state index is 0.252. The fraction of sp³-hybridized carbons (Fsp3) is 0.571. The van der Waals surface area contributed by atoms with E-state index in [0.717, 1.165) is 5.75 Å². The molecule has 1 aliphatic rings. The molecule has 0 aromatic heterocycles. The molecule has 2 heteroatoms. The Morgan fingerprint density at radius 3 is 2.62 bits per heavy atom. The Labute approximate surface area is 106 Å². The zero-order chi connectivity index (χ0) is 11.5. The average Bonchev–Trinajstić information content (AvgIpc) is 2.65. The topological polar surface area (TPSA) is 9.23 Å². The predicted molar refractivity (Wildman–Crippen MR) is 71.5 cm³/mol. The average molecular weight is 283 g/mol. The molecule has 0 aliphatic heterocycles. The van der Waals surface area contributed by atoms with Gasteiger partial charge in [-0.25, -0.2) is 0 Å². The molecule has 16 heavy (non-hydrogen) atoms. The van der Waals surface area contributed by atoms with Crippen molar-refractivity contribution < 1.29 is 4.74 Å². The molecule has 1 aliphatic carbocycles. The molecule has 0 saturated heterocycles. The van der Waals surface area contributed by atoms with E-state index in [4.69, 9.17) is 4.74 Å². The van der Waals surface area contributed by atoms with Crippen molar-refractivity contribution in [2.24, 2.45) is 0 Å². The van der Waals surface area contributed by atoms with Gasteiger partial charge in [0.25, 0.3) is 0 Å². The lowest BCUT2D eigenvalue weighted by Crippen LogP contribution is -2.08. The van der Waals surface area contributed by atoms with Crippen LogP contribution in [0.5, 0.6) is 5.75 Å². The minimum Gasteiger partial charge on any atom is -0.491 e. The van der Waals surface area contributed by atoms with Gasteiger partial charge >= 0.3 is 0 Å². The highest BCUT2D eigenvalue weighted by atomic mass is 79.9. The van der Waals surface area contributed by atoms with Crippen LogP contribution in [-0.4, -0.2) is 10.9 Å². The van der Waals surface area contributed by atoms with Crippen LogP contribution in [-0.2, 0) is 0 Å². The third-order valence-corrected chi connectivity index (χ3v) is 3.92. The SMILES string of the molecule is CC(C)Oc1ccccc1C1CCC(Br)C1. The van der Waals surface area contributed by atoms with E-state index in [1.165, 1.54) is 24.8 Å². The fourth-order valence-corrected chi connectivity index (χ4v) is 3.10. The summed E-state index contributed by atoms with van der Waals surface area (Å²) in [5.41, 5.74) is 1.39. The lowest BCUT2D eigenvalue weighted by atomic mass is 9.97. The normalized spacial score (nSPS) is 25.0. The van der Waals surface area contributed by atoms with Gasteiger partial charge in [-0.05, 0) is 50.7 Å². The van der Waals surface area contributed by atoms with Crippen LogP contribution in [0.3, 0.4) is 0 Å². The van der Waals surface area contributed by atoms with Crippen LogP contribution in [0.4, 0.5) is 0 Å². The molecule has 0 spiro atoms. The standard InChI is InChI=1S/C14H19BrO/c1-10(2)16-14-6-4-3-5-13(14)11-7-8-12(15)9-11/h3-6,10-12H,7-9H2,1-2H3. The largest absolute Gasteiger partial charge is 0.491 e. The van der Waals surface area contributed by atoms with Gasteiger partial charge < -0.3 is 4.74 Å². The molecule has 2 unspecified atom stereocenters. The van der Waals surface area contributed by atoms with Gasteiger partial charge in [0.15, 0.2) is 0 Å². The third kappa shape index (κ3) is 2.79. The van der Waals surface area contributed by atoms with Gasteiger partial charge in [0.2, 0.25) is 0 Å². The summed E-state index contributed by atoms with van der Waals surface area (Å²) < 4.78 is 5.88. The van der Waals surface area contributed by atoms with Crippen LogP contribution < -0.4 is 4.74 Å². The van der Waals surface area contributed by atoms with E-state index in [0.29, 0.717) is 10.7 Å². The maximum atomic E-state index is 5.88. The molecule has 1 fully saturated rings. The number of alkyl halides is 1. The molecule has 0 radical (unpaired) electrons. The molecule has 0 bridgehead atoms. The van der Waals surface area contributed by atoms with Crippen molar-refractivity contribution in [3.8, 4) is 5.75 Å². The second-order valence-electron chi connectivity index (χ2n) is 4.81. The molecular weight excluding hydrogens is 264 g/mol. The van der Waals surface area contributed by atoms with Crippen LogP contribution in [0.1, 0.15) is 44.6 Å². The molecular formula is C14H19BrO. The van der Waals surface area contributed by atoms with E-state index < -0.39 is 0 Å². The summed E-state index contributed by atoms with van der Waals surface area (Å²) in [7, 11) is 0. The lowest BCUT2D eigenvalue weighted by Gasteiger charge is -2.18. The Balaban J connectivity index is 2.19. The first-order valence-electron chi connectivity index (χ1n) is 6.06. The van der Waals surface area contributed by atoms with Gasteiger partial charge in [-0.3, -0.25) is 0 Å². The molecule has 0 N–H and O–H groups in total. The maximum Gasteiger partial charge on any atom is 0.123 e. The number of hydrogen-bond donors (Lipinski definition) is 0. The number of para-hydroxylation sites is 1. The molecule has 2 rings (SSSR count). The summed E-state index contributed by atoms with van der Waals surface area (Å²) in [4.78, 5) is 0.685. The van der Waals surface area contributed by atoms with Crippen LogP contribution in [0, 0.1) is 0 Å². The molecule has 2 atom stereocenters. The van der Waals surface area contributed by atoms with Crippen molar-refractivity contribution in [1.82, 2.24) is 0 Å². The third-order valence-electron chi connectivity index (χ3n) is 3.09. The summed E-state index contributed by atoms with van der Waals surface area (Å²) in [5.74, 6) is 1.74. The van der Waals surface area contributed by atoms with E-state index in [2.05, 4.69) is 54.0 Å². The minimum atomic E-state index is 0.252. The zero-order valence-corrected chi connectivity index (χ0v) is 11.5. The van der Waals surface area contributed by atoms with Crippen molar-refractivity contribution >= 4 is 15.9 Å². The van der Waals surface area contributed by atoms with E-state index in [9.17, 15) is 0 Å². The van der Waals surface area contributed by atoms with Crippen molar-refractivity contribution in [2.75, 3.05) is 0 Å². The van der Waals surface area contributed by atoms with Crippen LogP contribution in [0.15, 0.2) is 24.3 Å². The summed E-state index contributed by atoms with van der Waals surface area (Å²) in [5, 5.41) is 0. The van der Waals surface area contributed by atoms with Gasteiger partial charge in [-0.2, -0.15) is 0 Å². The Morgan fingerprint density at radius 2 is 2.00 bits per heavy atom. The van der Waals surface area contributed by atoms with Crippen LogP contribution >= 0.6 is 15.9 Å². The van der Waals surface area contributed by atoms with Crippen molar-refractivity contribution in [3.63, 3.8) is 0 Å². The van der Waals surface area contributed by atoms with Crippen LogP contribution in [0.2, 0.25) is 0 Å². The molecule has 0 amide bonds. The van der Waals surface area contributed by atoms with E-state index in [-0.39, 0.29) is 6.10 Å². The second-order valence-corrected chi connectivity index (χ2v) is 6.11. The smallest absolute Gasteiger partial charge is 0.123 e. The summed E-state index contributed by atoms with van der Waals surface area (Å²) in [6.45, 7) is 4.16. The Kier molecular flexibility index (Phi) is 3.91. The number of hydrogen-bond acceptors (Lipinski definition) is 1. The number of rotatable bonds is 3. The molecule has 1 aromatic carbocycles. The first-order chi connectivity index (χ1) is 7.66. The monoisotopic (exact) mass is 282 g/mol. The quantitative estimate of drug-likeness (QED) is 0.742. The highest BCUT2D eigenvalue weighted by Gasteiger charge is 2.26. The summed E-state index contributed by atoms with van der Waals surface area (Å²) in [6.07, 6.45) is 4.04. The van der Waals surface area contributed by atoms with E-state index in [1.54, 1.807) is 0 Å². The van der Waals surface area contributed by atoms with Gasteiger partial charge in [-0.1, -0.05) is 34.1 Å². The van der Waals surface area contributed by atoms with Crippen molar-refractivity contribution in [3.05, 3.63) is 29.8 Å². The number of benzene rings is 1. The van der Waals surface area contributed by atoms with Crippen LogP contribution in [0.25, 0.3) is 0 Å². The summed E-state index contributed by atoms with van der Waals surface area (Å²) >= 11 is 3.71. The molecule has 1 aromatic rings. The van der Waals surface area contributed by atoms with E-state index in [1.807, 2.05) is 0 Å². The van der Waals surface area contributed by atoms with Gasteiger partial charge in [0, 0.05) is 4.83 Å². The molecule has 0 heterocycles. The van der Waals surface area contributed by atoms with Crippen molar-refractivity contribution in [1.29, 1.82) is 0 Å². The van der Waals surface area contributed by atoms with Gasteiger partial charge in [-0.15, -0.1) is 0 Å². The van der Waals surface area contributed by atoms with E-state index >= 15 is 0 Å². The second kappa shape index (κ2) is 5.22. The van der Waals surface area contributed by atoms with Crippen molar-refractivity contribution in [2.45, 2.75) is 50.0 Å².